The van der Waals surface area contributed by atoms with Gasteiger partial charge >= 0.3 is 0 Å². The highest BCUT2D eigenvalue weighted by Crippen LogP contribution is 2.50. The zero-order chi connectivity index (χ0) is 49.8. The van der Waals surface area contributed by atoms with Crippen molar-refractivity contribution in [3.8, 4) is 33.6 Å². The molecule has 0 bridgehead atoms. The maximum atomic E-state index is 2.68. The van der Waals surface area contributed by atoms with E-state index >= 15 is 0 Å². The minimum atomic E-state index is 0.0647. The lowest BCUT2D eigenvalue weighted by Crippen LogP contribution is -2.33. The molecule has 11 aromatic rings. The van der Waals surface area contributed by atoms with Gasteiger partial charge in [-0.15, -0.1) is 0 Å². The van der Waals surface area contributed by atoms with Crippen molar-refractivity contribution >= 4 is 67.1 Å². The molecule has 5 aliphatic rings. The second-order valence-electron chi connectivity index (χ2n) is 21.4. The van der Waals surface area contributed by atoms with E-state index in [2.05, 4.69) is 267 Å². The molecular weight excluding hydrogens is 921 g/mol. The van der Waals surface area contributed by atoms with Crippen LogP contribution in [0.5, 0.6) is 0 Å². The summed E-state index contributed by atoms with van der Waals surface area (Å²) in [5.74, 6) is 0.359. The summed E-state index contributed by atoms with van der Waals surface area (Å²) in [6.07, 6.45) is 28.8. The van der Waals surface area contributed by atoms with Crippen molar-refractivity contribution in [2.75, 3.05) is 4.90 Å². The fourth-order valence-corrected chi connectivity index (χ4v) is 13.9. The minimum Gasteiger partial charge on any atom is -0.337 e. The van der Waals surface area contributed by atoms with E-state index in [1.807, 2.05) is 0 Å². The van der Waals surface area contributed by atoms with E-state index in [0.717, 1.165) is 37.8 Å². The van der Waals surface area contributed by atoms with Crippen LogP contribution >= 0.6 is 0 Å². The number of rotatable bonds is 7. The molecule has 362 valence electrons. The highest BCUT2D eigenvalue weighted by Gasteiger charge is 2.39. The second-order valence-corrected chi connectivity index (χ2v) is 21.4. The summed E-state index contributed by atoms with van der Waals surface area (Å²) in [6, 6.07) is 71.1. The predicted octanol–water partition coefficient (Wildman–Crippen LogP) is 17.9. The zero-order valence-corrected chi connectivity index (χ0v) is 42.2. The Morgan fingerprint density at radius 1 is 0.434 bits per heavy atom. The fraction of sp³-hybridized carbons (Fsp3) is 0.111. The van der Waals surface area contributed by atoms with E-state index in [-0.39, 0.29) is 12.0 Å². The van der Waals surface area contributed by atoms with E-state index in [1.165, 1.54) is 122 Å². The van der Waals surface area contributed by atoms with Crippen molar-refractivity contribution in [3.63, 3.8) is 0 Å². The average molecular weight is 975 g/mol. The summed E-state index contributed by atoms with van der Waals surface area (Å²) in [5.41, 5.74) is 24.1. The summed E-state index contributed by atoms with van der Waals surface area (Å²) in [6.45, 7) is 0. The Bertz CT molecular complexity index is 4350. The third-order valence-electron chi connectivity index (χ3n) is 17.2. The summed E-state index contributed by atoms with van der Waals surface area (Å²) in [7, 11) is 0. The van der Waals surface area contributed by atoms with Gasteiger partial charge in [0, 0.05) is 84.4 Å². The van der Waals surface area contributed by atoms with Gasteiger partial charge in [0.1, 0.15) is 0 Å². The van der Waals surface area contributed by atoms with E-state index in [4.69, 9.17) is 0 Å². The Morgan fingerprint density at radius 2 is 0.974 bits per heavy atom. The molecule has 4 heterocycles. The van der Waals surface area contributed by atoms with Crippen LogP contribution in [0, 0.1) is 0 Å². The normalized spacial score (nSPS) is 18.3. The number of aromatic nitrogens is 3. The highest BCUT2D eigenvalue weighted by molar-refractivity contribution is 6.09. The maximum absolute atomic E-state index is 2.68. The lowest BCUT2D eigenvalue weighted by molar-refractivity contribution is 0.680. The molecule has 16 rings (SSSR count). The summed E-state index contributed by atoms with van der Waals surface area (Å²) in [4.78, 5) is 2.68. The second kappa shape index (κ2) is 17.2. The lowest BCUT2D eigenvalue weighted by atomic mass is 9.84. The lowest BCUT2D eigenvalue weighted by Gasteiger charge is -2.35. The molecule has 8 aromatic carbocycles. The van der Waals surface area contributed by atoms with Crippen molar-refractivity contribution in [2.45, 2.75) is 50.0 Å². The first-order valence-electron chi connectivity index (χ1n) is 27.3. The molecule has 3 atom stereocenters. The summed E-state index contributed by atoms with van der Waals surface area (Å²) < 4.78 is 7.67. The largest absolute Gasteiger partial charge is 0.337 e. The van der Waals surface area contributed by atoms with Crippen molar-refractivity contribution in [3.05, 3.63) is 276 Å². The molecule has 0 radical (unpaired) electrons. The van der Waals surface area contributed by atoms with Crippen molar-refractivity contribution in [1.82, 2.24) is 13.7 Å². The molecular formula is C72H54N4. The third kappa shape index (κ3) is 6.69. The van der Waals surface area contributed by atoms with Crippen molar-refractivity contribution < 1.29 is 0 Å². The molecule has 76 heavy (non-hydrogen) atoms. The van der Waals surface area contributed by atoms with Gasteiger partial charge < -0.3 is 18.6 Å². The Balaban J connectivity index is 0.944. The van der Waals surface area contributed by atoms with Gasteiger partial charge in [0.15, 0.2) is 0 Å². The van der Waals surface area contributed by atoms with E-state index < -0.39 is 0 Å². The molecule has 4 nitrogen and oxygen atoms in total. The van der Waals surface area contributed by atoms with Crippen LogP contribution in [0.3, 0.4) is 0 Å². The number of allylic oxidation sites excluding steroid dienone is 8. The van der Waals surface area contributed by atoms with Crippen LogP contribution in [0.25, 0.3) is 95.1 Å². The van der Waals surface area contributed by atoms with Gasteiger partial charge in [-0.3, -0.25) is 0 Å². The molecule has 0 spiro atoms. The van der Waals surface area contributed by atoms with Crippen LogP contribution < -0.4 is 4.90 Å². The predicted molar refractivity (Wildman–Crippen MR) is 319 cm³/mol. The molecule has 0 N–H and O–H groups in total. The number of fused-ring (bicyclic) bond motifs is 12. The number of anilines is 1. The van der Waals surface area contributed by atoms with Gasteiger partial charge in [-0.1, -0.05) is 188 Å². The first-order valence-corrected chi connectivity index (χ1v) is 27.3. The third-order valence-corrected chi connectivity index (χ3v) is 17.2. The topological polar surface area (TPSA) is 18.0 Å². The zero-order valence-electron chi connectivity index (χ0n) is 42.2. The van der Waals surface area contributed by atoms with Gasteiger partial charge in [0.2, 0.25) is 0 Å². The first kappa shape index (κ1) is 43.3. The Labute approximate surface area is 443 Å². The Hall–Kier alpha value is -9.12. The molecule has 3 aromatic heterocycles. The smallest absolute Gasteiger partial charge is 0.0626 e. The number of hydrogen-bond acceptors (Lipinski definition) is 1. The van der Waals surface area contributed by atoms with Crippen LogP contribution in [-0.2, 0) is 12.8 Å². The molecule has 0 saturated carbocycles. The fourth-order valence-electron chi connectivity index (χ4n) is 13.9. The highest BCUT2D eigenvalue weighted by atomic mass is 15.2. The van der Waals surface area contributed by atoms with Gasteiger partial charge in [-0.25, -0.2) is 0 Å². The first-order chi connectivity index (χ1) is 37.7. The molecule has 1 aliphatic heterocycles. The molecule has 4 aliphatic carbocycles. The number of para-hydroxylation sites is 5. The average Bonchev–Trinajstić information content (AvgIpc) is 4.25. The van der Waals surface area contributed by atoms with Crippen LogP contribution in [0.15, 0.2) is 242 Å². The molecule has 3 unspecified atom stereocenters. The summed E-state index contributed by atoms with van der Waals surface area (Å²) >= 11 is 0. The van der Waals surface area contributed by atoms with E-state index in [0.29, 0.717) is 5.92 Å². The minimum absolute atomic E-state index is 0.0647. The van der Waals surface area contributed by atoms with Crippen LogP contribution in [-0.4, -0.2) is 19.7 Å². The van der Waals surface area contributed by atoms with E-state index in [1.54, 1.807) is 0 Å². The van der Waals surface area contributed by atoms with E-state index in [9.17, 15) is 0 Å². The number of benzene rings is 8. The molecule has 0 fully saturated rings. The molecule has 0 saturated heterocycles. The van der Waals surface area contributed by atoms with Gasteiger partial charge in [-0.05, 0) is 126 Å². The van der Waals surface area contributed by atoms with Crippen molar-refractivity contribution in [1.29, 1.82) is 0 Å². The number of nitrogens with zero attached hydrogens (tertiary/aromatic N) is 4. The maximum Gasteiger partial charge on any atom is 0.0626 e. The molecule has 0 amide bonds. The Morgan fingerprint density at radius 3 is 1.67 bits per heavy atom. The van der Waals surface area contributed by atoms with Crippen LogP contribution in [0.1, 0.15) is 64.7 Å². The Kier molecular flexibility index (Phi) is 9.81. The van der Waals surface area contributed by atoms with Crippen LogP contribution in [0.2, 0.25) is 0 Å². The summed E-state index contributed by atoms with van der Waals surface area (Å²) in [5, 5.41) is 5.14. The standard InChI is InChI=1S/C72H54N4/c1-2-20-47(21-3-1)48-38-49(51-41-53(73-65-30-12-4-22-57(65)58-23-5-13-31-66(58)73)45-54(42-51)74-67-32-14-6-24-59(67)60-25-7-15-33-68(60)74)40-50(39-48)52-43-55(75-69-34-16-8-26-61(69)62-27-9-17-35-70(62)75)46-56(44-52)76-71-36-18-10-28-63(71)64-29-11-19-37-72(64)76/h1-14,16-18,20-32,34-36,38-42,44-46,52,61,69H,15,19,33,37,43H2. The van der Waals surface area contributed by atoms with Crippen LogP contribution in [0.4, 0.5) is 5.69 Å². The monoisotopic (exact) mass is 974 g/mol. The molecule has 4 heteroatoms. The quantitative estimate of drug-likeness (QED) is 0.156. The van der Waals surface area contributed by atoms with Gasteiger partial charge in [0.05, 0.1) is 28.1 Å². The van der Waals surface area contributed by atoms with Crippen molar-refractivity contribution in [2.24, 2.45) is 0 Å². The number of hydrogen-bond donors (Lipinski definition) is 0. The van der Waals surface area contributed by atoms with Gasteiger partial charge in [0.25, 0.3) is 0 Å². The van der Waals surface area contributed by atoms with Gasteiger partial charge in [-0.2, -0.15) is 0 Å². The SMILES string of the molecule is C1=CC2c3ccccc3N(C3=CC(n4c5c(c6ccccc64)C=CCC5)=CC(c4cc(-c5ccccc5)cc(-c5cc(-n6c7c(c8ccccc86)C=CCC7)cc(-n6c7ccccc7c7ccccc76)c5)c4)C3)C2C=C1.